The fourth-order valence-electron chi connectivity index (χ4n) is 2.01. The molecule has 0 saturated heterocycles. The third-order valence-electron chi connectivity index (χ3n) is 4.56. The zero-order chi connectivity index (χ0) is 19.1. The van der Waals surface area contributed by atoms with Crippen molar-refractivity contribution in [1.82, 2.24) is 0 Å². The van der Waals surface area contributed by atoms with Gasteiger partial charge in [-0.2, -0.15) is 0 Å². The highest BCUT2D eigenvalue weighted by Crippen LogP contribution is 2.37. The first-order chi connectivity index (χ1) is 11.6. The molecule has 3 atom stereocenters. The summed E-state index contributed by atoms with van der Waals surface area (Å²) >= 11 is 0. The molecule has 1 heterocycles. The quantitative estimate of drug-likeness (QED) is 0.329. The van der Waals surface area contributed by atoms with Gasteiger partial charge in [0.1, 0.15) is 25.8 Å². The summed E-state index contributed by atoms with van der Waals surface area (Å²) in [6.07, 6.45) is 1.39. The zero-order valence-corrected chi connectivity index (χ0v) is 17.4. The van der Waals surface area contributed by atoms with Crippen molar-refractivity contribution < 1.29 is 32.9 Å². The van der Waals surface area contributed by atoms with Gasteiger partial charge < -0.3 is 28.1 Å². The lowest BCUT2D eigenvalue weighted by atomic mass is 10.1. The molecular weight excluding hydrogens is 344 g/mol. The second-order valence-electron chi connectivity index (χ2n) is 7.48. The molecule has 0 spiro atoms. The average molecular weight is 377 g/mol. The van der Waals surface area contributed by atoms with Crippen LogP contribution in [0.25, 0.3) is 0 Å². The number of carbonyl (C=O) groups excluding carboxylic acids is 1. The van der Waals surface area contributed by atoms with Crippen molar-refractivity contribution in [3.63, 3.8) is 0 Å². The Labute approximate surface area is 151 Å². The molecule has 0 aromatic rings. The highest BCUT2D eigenvalue weighted by Gasteiger charge is 2.41. The van der Waals surface area contributed by atoms with E-state index in [9.17, 15) is 4.79 Å². The van der Waals surface area contributed by atoms with Crippen LogP contribution < -0.4 is 0 Å². The van der Waals surface area contributed by atoms with E-state index in [1.54, 1.807) is 6.08 Å². The van der Waals surface area contributed by atoms with Crippen molar-refractivity contribution >= 4 is 14.3 Å². The Kier molecular flexibility index (Phi) is 8.72. The Hall–Kier alpha value is -0.773. The topological polar surface area (TPSA) is 72.5 Å². The molecule has 0 saturated carbocycles. The molecule has 0 aliphatic carbocycles. The Balaban J connectivity index is 2.87. The summed E-state index contributed by atoms with van der Waals surface area (Å²) in [5.74, 6) is -0.430. The number of carbonyl (C=O) groups is 1. The first-order valence-corrected chi connectivity index (χ1v) is 11.3. The summed E-state index contributed by atoms with van der Waals surface area (Å²) in [6.45, 7) is 11.3. The fraction of sp³-hybridized carbons (Fsp3) is 0.824. The van der Waals surface area contributed by atoms with Crippen molar-refractivity contribution in [3.8, 4) is 0 Å². The standard InChI is InChI=1S/C17H32O7Si/c1-17(2,3)25(6,7)23-10-14(22-12-20-5)16-13(21-11-19-4)8-9-15(18)24-16/h8-9,13-14,16H,10-12H2,1-7H3/t13-,14+,16+/m0/s1. The van der Waals surface area contributed by atoms with Crippen molar-refractivity contribution in [2.24, 2.45) is 0 Å². The zero-order valence-electron chi connectivity index (χ0n) is 16.4. The maximum atomic E-state index is 11.7. The van der Waals surface area contributed by atoms with Crippen LogP contribution in [-0.4, -0.2) is 67.0 Å². The second-order valence-corrected chi connectivity index (χ2v) is 12.3. The lowest BCUT2D eigenvalue weighted by molar-refractivity contribution is -0.191. The minimum absolute atomic E-state index is 0.0634. The van der Waals surface area contributed by atoms with Gasteiger partial charge in [0.05, 0.1) is 6.61 Å². The average Bonchev–Trinajstić information content (AvgIpc) is 2.52. The summed E-state index contributed by atoms with van der Waals surface area (Å²) in [7, 11) is 1.09. The highest BCUT2D eigenvalue weighted by atomic mass is 28.4. The van der Waals surface area contributed by atoms with Crippen molar-refractivity contribution in [3.05, 3.63) is 12.2 Å². The van der Waals surface area contributed by atoms with Gasteiger partial charge in [0, 0.05) is 20.3 Å². The molecule has 0 amide bonds. The van der Waals surface area contributed by atoms with Crippen LogP contribution in [-0.2, 0) is 32.9 Å². The van der Waals surface area contributed by atoms with Crippen molar-refractivity contribution in [2.75, 3.05) is 34.4 Å². The normalized spacial score (nSPS) is 22.8. The first kappa shape index (κ1) is 22.3. The van der Waals surface area contributed by atoms with Crippen LogP contribution in [0.4, 0.5) is 0 Å². The van der Waals surface area contributed by atoms with E-state index in [2.05, 4.69) is 33.9 Å². The minimum atomic E-state index is -1.98. The Bertz CT molecular complexity index is 445. The SMILES string of the molecule is COCO[C@H]1C=CC(=O)O[C@H]1[C@@H](CO[Si](C)(C)C(C)(C)C)OCOC. The Morgan fingerprint density at radius 3 is 2.40 bits per heavy atom. The molecule has 25 heavy (non-hydrogen) atoms. The number of hydrogen-bond donors (Lipinski definition) is 0. The molecule has 0 bridgehead atoms. The molecule has 0 radical (unpaired) electrons. The monoisotopic (exact) mass is 376 g/mol. The number of rotatable bonds is 10. The lowest BCUT2D eigenvalue weighted by Crippen LogP contribution is -2.50. The van der Waals surface area contributed by atoms with Gasteiger partial charge in [0.2, 0.25) is 0 Å². The van der Waals surface area contributed by atoms with Gasteiger partial charge in [-0.25, -0.2) is 4.79 Å². The summed E-state index contributed by atoms with van der Waals surface area (Å²) in [5.41, 5.74) is 0. The third kappa shape index (κ3) is 6.80. The fourth-order valence-corrected chi connectivity index (χ4v) is 3.02. The van der Waals surface area contributed by atoms with E-state index in [1.807, 2.05) is 0 Å². The third-order valence-corrected chi connectivity index (χ3v) is 9.06. The predicted molar refractivity (Wildman–Crippen MR) is 95.7 cm³/mol. The van der Waals surface area contributed by atoms with Crippen LogP contribution in [0.1, 0.15) is 20.8 Å². The van der Waals surface area contributed by atoms with Crippen LogP contribution in [0.3, 0.4) is 0 Å². The Morgan fingerprint density at radius 1 is 1.20 bits per heavy atom. The Morgan fingerprint density at radius 2 is 1.84 bits per heavy atom. The smallest absolute Gasteiger partial charge is 0.330 e. The van der Waals surface area contributed by atoms with E-state index in [0.717, 1.165) is 0 Å². The van der Waals surface area contributed by atoms with E-state index in [4.69, 9.17) is 28.1 Å². The van der Waals surface area contributed by atoms with Gasteiger partial charge in [-0.05, 0) is 24.2 Å². The van der Waals surface area contributed by atoms with Gasteiger partial charge in [0.15, 0.2) is 14.4 Å². The van der Waals surface area contributed by atoms with E-state index in [1.165, 1.54) is 20.3 Å². The second kappa shape index (κ2) is 9.80. The van der Waals surface area contributed by atoms with Crippen molar-refractivity contribution in [1.29, 1.82) is 0 Å². The van der Waals surface area contributed by atoms with E-state index >= 15 is 0 Å². The van der Waals surface area contributed by atoms with E-state index in [-0.39, 0.29) is 18.6 Å². The summed E-state index contributed by atoms with van der Waals surface area (Å²) in [5, 5.41) is 0.0634. The summed E-state index contributed by atoms with van der Waals surface area (Å²) in [6, 6.07) is 0. The molecule has 1 aliphatic heterocycles. The largest absolute Gasteiger partial charge is 0.453 e. The number of ether oxygens (including phenoxy) is 5. The van der Waals surface area contributed by atoms with Gasteiger partial charge in [0.25, 0.3) is 0 Å². The van der Waals surface area contributed by atoms with Crippen molar-refractivity contribution in [2.45, 2.75) is 57.2 Å². The molecule has 0 aromatic carbocycles. The van der Waals surface area contributed by atoms with E-state index in [0.29, 0.717) is 6.61 Å². The number of methoxy groups -OCH3 is 2. The summed E-state index contributed by atoms with van der Waals surface area (Å²) in [4.78, 5) is 11.7. The molecule has 1 aliphatic rings. The minimum Gasteiger partial charge on any atom is -0.453 e. The van der Waals surface area contributed by atoms with E-state index < -0.39 is 32.6 Å². The highest BCUT2D eigenvalue weighted by molar-refractivity contribution is 6.74. The number of esters is 1. The van der Waals surface area contributed by atoms with Gasteiger partial charge in [-0.1, -0.05) is 20.8 Å². The molecule has 0 aromatic heterocycles. The number of cyclic esters (lactones) is 1. The van der Waals surface area contributed by atoms with Crippen LogP contribution in [0.5, 0.6) is 0 Å². The van der Waals surface area contributed by atoms with Crippen LogP contribution >= 0.6 is 0 Å². The lowest BCUT2D eigenvalue weighted by Gasteiger charge is -2.39. The maximum Gasteiger partial charge on any atom is 0.330 e. The van der Waals surface area contributed by atoms with Crippen LogP contribution in [0.15, 0.2) is 12.2 Å². The molecule has 7 nitrogen and oxygen atoms in total. The van der Waals surface area contributed by atoms with Crippen LogP contribution in [0, 0.1) is 0 Å². The molecule has 0 unspecified atom stereocenters. The molecule has 8 heteroatoms. The first-order valence-electron chi connectivity index (χ1n) is 8.36. The maximum absolute atomic E-state index is 11.7. The molecule has 0 N–H and O–H groups in total. The summed E-state index contributed by atoms with van der Waals surface area (Å²) < 4.78 is 33.0. The number of hydrogen-bond acceptors (Lipinski definition) is 7. The van der Waals surface area contributed by atoms with Crippen LogP contribution in [0.2, 0.25) is 18.1 Å². The van der Waals surface area contributed by atoms with Gasteiger partial charge >= 0.3 is 5.97 Å². The molecule has 1 rings (SSSR count). The van der Waals surface area contributed by atoms with Gasteiger partial charge in [-0.15, -0.1) is 0 Å². The predicted octanol–water partition coefficient (Wildman–Crippen LogP) is 2.47. The molecule has 0 fully saturated rings. The molecular formula is C17H32O7Si. The van der Waals surface area contributed by atoms with Gasteiger partial charge in [-0.3, -0.25) is 0 Å². The molecule has 146 valence electrons.